The van der Waals surface area contributed by atoms with E-state index in [9.17, 15) is 4.79 Å². The van der Waals surface area contributed by atoms with Gasteiger partial charge in [0.25, 0.3) is 5.91 Å². The van der Waals surface area contributed by atoms with Crippen LogP contribution in [0.25, 0.3) is 10.2 Å². The molecule has 0 saturated carbocycles. The lowest BCUT2D eigenvalue weighted by Crippen LogP contribution is -2.38. The number of nitrogens with zero attached hydrogens (tertiary/aromatic N) is 2. The van der Waals surface area contributed by atoms with Crippen LogP contribution in [0.5, 0.6) is 0 Å². The van der Waals surface area contributed by atoms with E-state index >= 15 is 0 Å². The molecule has 0 spiro atoms. The highest BCUT2D eigenvalue weighted by molar-refractivity contribution is 7.17. The second-order valence-corrected chi connectivity index (χ2v) is 6.18. The molecule has 0 N–H and O–H groups in total. The fourth-order valence-corrected chi connectivity index (χ4v) is 3.48. The fraction of sp³-hybridized carbons (Fsp3) is 0.500. The molecule has 1 aliphatic rings. The van der Waals surface area contributed by atoms with Gasteiger partial charge in [0.1, 0.15) is 5.69 Å². The number of fused-ring (bicyclic) bond motifs is 1. The number of hydrogen-bond acceptors (Lipinski definition) is 2. The third-order valence-electron chi connectivity index (χ3n) is 3.95. The van der Waals surface area contributed by atoms with Gasteiger partial charge in [0.05, 0.1) is 10.2 Å². The van der Waals surface area contributed by atoms with Crippen molar-refractivity contribution in [2.75, 3.05) is 13.1 Å². The van der Waals surface area contributed by atoms with Gasteiger partial charge in [-0.3, -0.25) is 4.79 Å². The monoisotopic (exact) mass is 262 g/mol. The molecule has 96 valence electrons. The van der Waals surface area contributed by atoms with Gasteiger partial charge in [-0.05, 0) is 36.3 Å². The van der Waals surface area contributed by atoms with Crippen molar-refractivity contribution in [3.8, 4) is 0 Å². The van der Waals surface area contributed by atoms with Crippen LogP contribution in [0.4, 0.5) is 0 Å². The summed E-state index contributed by atoms with van der Waals surface area (Å²) in [5.74, 6) is 0.943. The smallest absolute Gasteiger partial charge is 0.270 e. The molecule has 0 aliphatic carbocycles. The molecule has 3 heterocycles. The Labute approximate surface area is 111 Å². The average molecular weight is 262 g/mol. The van der Waals surface area contributed by atoms with E-state index < -0.39 is 0 Å². The van der Waals surface area contributed by atoms with E-state index in [0.717, 1.165) is 43.1 Å². The SMILES string of the molecule is CC1CCN(C(=O)c2cc3sccc3n2C)CC1. The van der Waals surface area contributed by atoms with E-state index in [0.29, 0.717) is 0 Å². The maximum atomic E-state index is 12.5. The van der Waals surface area contributed by atoms with Crippen LogP contribution in [0.3, 0.4) is 0 Å². The number of likely N-dealkylation sites (tertiary alicyclic amines) is 1. The number of amides is 1. The van der Waals surface area contributed by atoms with Crippen molar-refractivity contribution in [2.45, 2.75) is 19.8 Å². The Balaban J connectivity index is 1.87. The molecule has 1 aliphatic heterocycles. The topological polar surface area (TPSA) is 25.2 Å². The number of hydrogen-bond donors (Lipinski definition) is 0. The highest BCUT2D eigenvalue weighted by atomic mass is 32.1. The van der Waals surface area contributed by atoms with Crippen molar-refractivity contribution in [1.82, 2.24) is 9.47 Å². The van der Waals surface area contributed by atoms with Crippen molar-refractivity contribution in [2.24, 2.45) is 13.0 Å². The van der Waals surface area contributed by atoms with Crippen LogP contribution in [-0.4, -0.2) is 28.5 Å². The second-order valence-electron chi connectivity index (χ2n) is 5.23. The lowest BCUT2D eigenvalue weighted by Gasteiger charge is -2.30. The molecule has 4 heteroatoms. The minimum absolute atomic E-state index is 0.188. The van der Waals surface area contributed by atoms with Crippen LogP contribution < -0.4 is 0 Å². The third-order valence-corrected chi connectivity index (χ3v) is 4.81. The minimum atomic E-state index is 0.188. The summed E-state index contributed by atoms with van der Waals surface area (Å²) in [5.41, 5.74) is 1.99. The number of aryl methyl sites for hydroxylation is 1. The summed E-state index contributed by atoms with van der Waals surface area (Å²) in [6, 6.07) is 4.11. The first kappa shape index (κ1) is 11.8. The first-order valence-corrected chi connectivity index (χ1v) is 7.37. The first-order chi connectivity index (χ1) is 8.66. The van der Waals surface area contributed by atoms with Crippen molar-refractivity contribution >= 4 is 27.5 Å². The Kier molecular flexibility index (Phi) is 2.90. The lowest BCUT2D eigenvalue weighted by atomic mass is 9.99. The summed E-state index contributed by atoms with van der Waals surface area (Å²) < 4.78 is 3.22. The molecule has 1 saturated heterocycles. The number of thiophene rings is 1. The molecule has 1 fully saturated rings. The molecule has 1 amide bonds. The predicted molar refractivity (Wildman–Crippen MR) is 75.1 cm³/mol. The normalized spacial score (nSPS) is 17.6. The summed E-state index contributed by atoms with van der Waals surface area (Å²) in [4.78, 5) is 14.5. The van der Waals surface area contributed by atoms with Crippen LogP contribution in [0.15, 0.2) is 17.5 Å². The second kappa shape index (κ2) is 4.43. The molecule has 0 atom stereocenters. The Morgan fingerprint density at radius 3 is 2.78 bits per heavy atom. The molecular weight excluding hydrogens is 244 g/mol. The van der Waals surface area contributed by atoms with Gasteiger partial charge in [-0.25, -0.2) is 0 Å². The molecule has 2 aromatic rings. The van der Waals surface area contributed by atoms with E-state index in [1.165, 1.54) is 4.70 Å². The van der Waals surface area contributed by atoms with Gasteiger partial charge in [0.15, 0.2) is 0 Å². The van der Waals surface area contributed by atoms with Gasteiger partial charge in [0, 0.05) is 20.1 Å². The molecule has 2 aromatic heterocycles. The predicted octanol–water partition coefficient (Wildman–Crippen LogP) is 3.11. The number of aromatic nitrogens is 1. The molecule has 0 bridgehead atoms. The summed E-state index contributed by atoms with van der Waals surface area (Å²) in [7, 11) is 1.98. The van der Waals surface area contributed by atoms with Crippen LogP contribution in [-0.2, 0) is 7.05 Å². The number of rotatable bonds is 1. The summed E-state index contributed by atoms with van der Waals surface area (Å²) in [6.07, 6.45) is 2.26. The molecule has 0 aromatic carbocycles. The first-order valence-electron chi connectivity index (χ1n) is 6.49. The standard InChI is InChI=1S/C14H18N2OS/c1-10-3-6-16(7-4-10)14(17)12-9-13-11(15(12)2)5-8-18-13/h5,8-10H,3-4,6-7H2,1-2H3. The van der Waals surface area contributed by atoms with Gasteiger partial charge >= 0.3 is 0 Å². The zero-order valence-corrected chi connectivity index (χ0v) is 11.7. The third kappa shape index (κ3) is 1.85. The largest absolute Gasteiger partial charge is 0.339 e. The number of carbonyl (C=O) groups excluding carboxylic acids is 1. The molecular formula is C14H18N2OS. The Hall–Kier alpha value is -1.29. The molecule has 0 unspecified atom stereocenters. The Morgan fingerprint density at radius 1 is 1.39 bits per heavy atom. The van der Waals surface area contributed by atoms with Crippen LogP contribution in [0.1, 0.15) is 30.3 Å². The van der Waals surface area contributed by atoms with Gasteiger partial charge in [0.2, 0.25) is 0 Å². The maximum absolute atomic E-state index is 12.5. The van der Waals surface area contributed by atoms with Gasteiger partial charge in [-0.15, -0.1) is 11.3 Å². The van der Waals surface area contributed by atoms with E-state index in [1.807, 2.05) is 22.6 Å². The zero-order chi connectivity index (χ0) is 12.7. The summed E-state index contributed by atoms with van der Waals surface area (Å²) in [6.45, 7) is 4.07. The van der Waals surface area contributed by atoms with Crippen LogP contribution >= 0.6 is 11.3 Å². The van der Waals surface area contributed by atoms with E-state index in [1.54, 1.807) is 11.3 Å². The minimum Gasteiger partial charge on any atom is -0.339 e. The summed E-state index contributed by atoms with van der Waals surface area (Å²) >= 11 is 1.70. The zero-order valence-electron chi connectivity index (χ0n) is 10.8. The average Bonchev–Trinajstić information content (AvgIpc) is 2.93. The Morgan fingerprint density at radius 2 is 2.11 bits per heavy atom. The molecule has 3 rings (SSSR count). The van der Waals surface area contributed by atoms with Crippen molar-refractivity contribution in [3.63, 3.8) is 0 Å². The Bertz CT molecular complexity index is 576. The molecule has 3 nitrogen and oxygen atoms in total. The lowest BCUT2D eigenvalue weighted by molar-refractivity contribution is 0.0688. The number of carbonyl (C=O) groups is 1. The van der Waals surface area contributed by atoms with Crippen LogP contribution in [0, 0.1) is 5.92 Å². The summed E-state index contributed by atoms with van der Waals surface area (Å²) in [5, 5.41) is 2.07. The highest BCUT2D eigenvalue weighted by Crippen LogP contribution is 2.26. The quantitative estimate of drug-likeness (QED) is 0.775. The number of piperidine rings is 1. The van der Waals surface area contributed by atoms with Crippen molar-refractivity contribution in [1.29, 1.82) is 0 Å². The van der Waals surface area contributed by atoms with Crippen LogP contribution in [0.2, 0.25) is 0 Å². The van der Waals surface area contributed by atoms with E-state index in [-0.39, 0.29) is 5.91 Å². The van der Waals surface area contributed by atoms with E-state index in [2.05, 4.69) is 18.4 Å². The molecule has 18 heavy (non-hydrogen) atoms. The van der Waals surface area contributed by atoms with Crippen molar-refractivity contribution in [3.05, 3.63) is 23.2 Å². The van der Waals surface area contributed by atoms with Gasteiger partial charge in [-0.2, -0.15) is 0 Å². The van der Waals surface area contributed by atoms with Crippen molar-refractivity contribution < 1.29 is 4.79 Å². The fourth-order valence-electron chi connectivity index (χ4n) is 2.63. The highest BCUT2D eigenvalue weighted by Gasteiger charge is 2.24. The maximum Gasteiger partial charge on any atom is 0.270 e. The van der Waals surface area contributed by atoms with Gasteiger partial charge in [-0.1, -0.05) is 6.92 Å². The van der Waals surface area contributed by atoms with E-state index in [4.69, 9.17) is 0 Å². The van der Waals surface area contributed by atoms with Gasteiger partial charge < -0.3 is 9.47 Å². The molecule has 0 radical (unpaired) electrons.